The molecule has 0 saturated carbocycles. The van der Waals surface area contributed by atoms with E-state index in [1.54, 1.807) is 69.2 Å². The Labute approximate surface area is 662 Å². The Morgan fingerprint density at radius 3 is 1.11 bits per heavy atom. The Morgan fingerprint density at radius 2 is 0.750 bits per heavy atom. The van der Waals surface area contributed by atoms with Crippen molar-refractivity contribution in [3.8, 4) is 44.9 Å². The molecule has 0 aliphatic carbocycles. The van der Waals surface area contributed by atoms with E-state index in [9.17, 15) is 53.9 Å². The lowest BCUT2D eigenvalue weighted by molar-refractivity contribution is -0.142. The third kappa shape index (κ3) is 21.0. The first kappa shape index (κ1) is 83.4. The van der Waals surface area contributed by atoms with Gasteiger partial charge in [-0.1, -0.05) is 54.2 Å². The van der Waals surface area contributed by atoms with Crippen molar-refractivity contribution in [3.05, 3.63) is 279 Å². The topological polar surface area (TPSA) is 312 Å². The molecule has 9 heterocycles. The number of amides is 3. The van der Waals surface area contributed by atoms with Crippen molar-refractivity contribution in [1.29, 1.82) is 0 Å². The van der Waals surface area contributed by atoms with E-state index in [1.807, 2.05) is 133 Å². The summed E-state index contributed by atoms with van der Waals surface area (Å²) in [5.74, 6) is 0.493. The summed E-state index contributed by atoms with van der Waals surface area (Å²) >= 11 is 1.43. The van der Waals surface area contributed by atoms with Gasteiger partial charge in [-0.25, -0.2) is 39.9 Å². The lowest BCUT2D eigenvalue weighted by Gasteiger charge is -2.14. The van der Waals surface area contributed by atoms with E-state index in [2.05, 4.69) is 70.8 Å². The second kappa shape index (κ2) is 36.1. The summed E-state index contributed by atoms with van der Waals surface area (Å²) in [4.78, 5) is 87.6. The van der Waals surface area contributed by atoms with Gasteiger partial charge in [0.05, 0.1) is 14.2 Å². The van der Waals surface area contributed by atoms with Gasteiger partial charge in [0.25, 0.3) is 17.7 Å². The third-order valence-corrected chi connectivity index (χ3v) is 18.6. The van der Waals surface area contributed by atoms with E-state index in [-0.39, 0.29) is 22.6 Å². The molecule has 0 bridgehead atoms. The average molecular weight is 1600 g/mol. The highest BCUT2D eigenvalue weighted by Crippen LogP contribution is 2.37. The minimum Gasteiger partial charge on any atom is -0.497 e. The summed E-state index contributed by atoms with van der Waals surface area (Å²) in [7, 11) is 3.29. The van der Waals surface area contributed by atoms with Crippen LogP contribution in [0.2, 0.25) is 0 Å². The van der Waals surface area contributed by atoms with Crippen LogP contribution in [0.1, 0.15) is 98.9 Å². The molecular weight excluding hydrogens is 1530 g/mol. The molecule has 0 saturated heterocycles. The van der Waals surface area contributed by atoms with Gasteiger partial charge in [0.2, 0.25) is 5.95 Å². The van der Waals surface area contributed by atoms with Crippen molar-refractivity contribution in [2.45, 2.75) is 84.6 Å². The van der Waals surface area contributed by atoms with E-state index in [4.69, 9.17) is 25.9 Å². The molecule has 9 aromatic heterocycles. The van der Waals surface area contributed by atoms with Gasteiger partial charge in [-0.2, -0.15) is 44.5 Å². The van der Waals surface area contributed by atoms with E-state index >= 15 is 0 Å². The van der Waals surface area contributed by atoms with Gasteiger partial charge in [-0.3, -0.25) is 29.3 Å². The number of nitrogens with one attached hydrogen (secondary N) is 3. The molecule has 3 amide bonds. The standard InChI is InChI=1S/C31H26F3N5O2.C23H18F3N5OS.C22H17F3N6O.C8H11NO/c1-18-4-8-23(38-30(40)21-12-13-35-27(15-21)31(32,33)34)16-25(18)26-14-22-17-36-28(39-29(22)37-19(26)2)11-7-20-5-9-24(41-3)10-6-20;1-12-4-5-16(30-21(32)14-6-7-27-19(9-14)23(24,25)26)10-17(12)18-8-15-11-28-22(33-3)31-20(15)29-13(18)2;1-11-3-4-15(30-20(32)13-5-6-27-18(8-13)22(23,24)25)9-16(11)17-7-14-10-28-21(26)31-19(14)29-12(17)2;1-10-8-4-2-7(6-9)3-5-8/h4-6,8-10,12-17H,7,11H2,1-3H3,(H,38,40);4-11H,1-3H3,(H,30,32);3-10H,1-2H3,(H,30,32)(H2,26,28,29,31);2-5H,6,9H2,1H3. The number of aromatic nitrogens is 12. The number of carbonyl (C=O) groups excluding carboxylic acids is 3. The number of carbonyl (C=O) groups is 3. The van der Waals surface area contributed by atoms with Crippen molar-refractivity contribution in [3.63, 3.8) is 0 Å². The van der Waals surface area contributed by atoms with Gasteiger partial charge in [0.15, 0.2) is 22.1 Å². The molecule has 7 N–H and O–H groups in total. The van der Waals surface area contributed by atoms with Gasteiger partial charge in [-0.15, -0.1) is 0 Å². The summed E-state index contributed by atoms with van der Waals surface area (Å²) in [5.41, 5.74) is 22.4. The molecule has 0 aliphatic rings. The number of halogens is 9. The number of hydrogen-bond acceptors (Lipinski definition) is 20. The molecule has 0 fully saturated rings. The highest BCUT2D eigenvalue weighted by atomic mass is 32.2. The predicted molar refractivity (Wildman–Crippen MR) is 426 cm³/mol. The maximum absolute atomic E-state index is 13.0. The number of ether oxygens (including phenoxy) is 2. The van der Waals surface area contributed by atoms with Crippen molar-refractivity contribution in [2.75, 3.05) is 42.2 Å². The maximum atomic E-state index is 13.0. The Balaban J connectivity index is 0.000000162. The fourth-order valence-electron chi connectivity index (χ4n) is 11.8. The number of thioether (sulfide) groups is 1. The van der Waals surface area contributed by atoms with Crippen molar-refractivity contribution < 1.29 is 63.4 Å². The number of fused-ring (bicyclic) bond motifs is 3. The molecule has 14 rings (SSSR count). The van der Waals surface area contributed by atoms with Gasteiger partial charge >= 0.3 is 18.5 Å². The van der Waals surface area contributed by atoms with Crippen molar-refractivity contribution in [2.24, 2.45) is 5.73 Å². The quantitative estimate of drug-likeness (QED) is 0.0341. The first-order chi connectivity index (χ1) is 55.2. The number of alkyl halides is 9. The molecule has 116 heavy (non-hydrogen) atoms. The highest BCUT2D eigenvalue weighted by Gasteiger charge is 2.35. The number of anilines is 4. The average Bonchev–Trinajstić information content (AvgIpc) is 0.791. The van der Waals surface area contributed by atoms with Crippen LogP contribution in [0, 0.1) is 41.5 Å². The minimum atomic E-state index is -4.64. The summed E-state index contributed by atoms with van der Waals surface area (Å²) in [5, 5.41) is 10.9. The van der Waals surface area contributed by atoms with Crippen LogP contribution >= 0.6 is 11.8 Å². The van der Waals surface area contributed by atoms with E-state index < -0.39 is 53.3 Å². The molecule has 0 radical (unpaired) electrons. The number of methoxy groups -OCH3 is 2. The summed E-state index contributed by atoms with van der Waals surface area (Å²) in [6.45, 7) is 11.9. The van der Waals surface area contributed by atoms with Crippen LogP contribution < -0.4 is 36.9 Å². The zero-order valence-corrected chi connectivity index (χ0v) is 64.3. The van der Waals surface area contributed by atoms with Gasteiger partial charge < -0.3 is 36.9 Å². The number of rotatable bonds is 16. The number of nitrogens with zero attached hydrogens (tertiary/aromatic N) is 12. The van der Waals surface area contributed by atoms with E-state index in [0.717, 1.165) is 132 Å². The lowest BCUT2D eigenvalue weighted by atomic mass is 9.98. The van der Waals surface area contributed by atoms with Gasteiger partial charge in [0, 0.05) is 134 Å². The predicted octanol–water partition coefficient (Wildman–Crippen LogP) is 18.2. The Bertz CT molecular complexity index is 5960. The van der Waals surface area contributed by atoms with Crippen LogP contribution in [-0.4, -0.2) is 98.0 Å². The molecule has 22 nitrogen and oxygen atoms in total. The third-order valence-electron chi connectivity index (χ3n) is 18.0. The molecule has 5 aromatic carbocycles. The summed E-state index contributed by atoms with van der Waals surface area (Å²) < 4.78 is 127. The number of nitrogens with two attached hydrogens (primary N) is 2. The molecule has 0 aliphatic heterocycles. The number of aryl methyl sites for hydroxylation is 8. The van der Waals surface area contributed by atoms with Crippen LogP contribution in [0.15, 0.2) is 200 Å². The van der Waals surface area contributed by atoms with E-state index in [1.165, 1.54) is 30.0 Å². The fraction of sp³-hybridized carbons (Fsp3) is 0.179. The normalized spacial score (nSPS) is 11.3. The number of benzene rings is 5. The van der Waals surface area contributed by atoms with Crippen LogP contribution in [0.3, 0.4) is 0 Å². The Kier molecular flexibility index (Phi) is 26.0. The molecular formula is C84H72F9N17O5S. The molecule has 592 valence electrons. The molecule has 0 atom stereocenters. The van der Waals surface area contributed by atoms with Crippen LogP contribution in [0.5, 0.6) is 11.5 Å². The van der Waals surface area contributed by atoms with Crippen molar-refractivity contribution in [1.82, 2.24) is 59.8 Å². The first-order valence-corrected chi connectivity index (χ1v) is 36.5. The molecule has 0 unspecified atom stereocenters. The van der Waals surface area contributed by atoms with E-state index in [0.29, 0.717) is 75.1 Å². The van der Waals surface area contributed by atoms with Crippen LogP contribution in [0.4, 0.5) is 62.5 Å². The van der Waals surface area contributed by atoms with Crippen molar-refractivity contribution >= 4 is 85.6 Å². The SMILES string of the molecule is COc1ccc(CCc2ncc3cc(-c4cc(NC(=O)c5ccnc(C(F)(F)F)c5)ccc4C)c(C)nc3n2)cc1.COc1ccc(CN)cc1.CSc1ncc2cc(-c3cc(NC(=O)c4ccnc(C(F)(F)F)c4)ccc3C)c(C)nc2n1.Cc1ccc(NC(=O)c2ccnc(C(F)(F)F)c2)cc1-c1cc2cnc(N)nc2nc1C. The minimum absolute atomic E-state index is 0.128. The number of pyridine rings is 6. The summed E-state index contributed by atoms with van der Waals surface area (Å²) in [6.07, 6.45) is -2.64. The maximum Gasteiger partial charge on any atom is 0.433 e. The monoisotopic (exact) mass is 1600 g/mol. The largest absolute Gasteiger partial charge is 0.497 e. The van der Waals surface area contributed by atoms with Gasteiger partial charge in [0.1, 0.15) is 34.4 Å². The van der Waals surface area contributed by atoms with Gasteiger partial charge in [-0.05, 0) is 214 Å². The molecule has 32 heteroatoms. The lowest BCUT2D eigenvalue weighted by Crippen LogP contribution is -2.15. The first-order valence-electron chi connectivity index (χ1n) is 35.3. The molecule has 14 aromatic rings. The highest BCUT2D eigenvalue weighted by molar-refractivity contribution is 7.98. The Hall–Kier alpha value is -13.5. The zero-order valence-electron chi connectivity index (χ0n) is 63.5. The van der Waals surface area contributed by atoms with Crippen LogP contribution in [-0.2, 0) is 37.9 Å². The smallest absolute Gasteiger partial charge is 0.433 e. The van der Waals surface area contributed by atoms with Crippen LogP contribution in [0.25, 0.3) is 66.5 Å². The number of nitrogen functional groups attached to an aromatic ring is 1. The second-order valence-corrected chi connectivity index (χ2v) is 26.9. The zero-order chi connectivity index (χ0) is 83.3. The second-order valence-electron chi connectivity index (χ2n) is 26.1. The fourth-order valence-corrected chi connectivity index (χ4v) is 12.1. The molecule has 0 spiro atoms. The number of hydrogen-bond donors (Lipinski definition) is 5. The summed E-state index contributed by atoms with van der Waals surface area (Å²) in [6, 6.07) is 43.1. The Morgan fingerprint density at radius 1 is 0.397 bits per heavy atom.